The van der Waals surface area contributed by atoms with E-state index in [9.17, 15) is 4.79 Å². The molecule has 1 unspecified atom stereocenters. The second-order valence-corrected chi connectivity index (χ2v) is 4.22. The summed E-state index contributed by atoms with van der Waals surface area (Å²) in [4.78, 5) is 24.1. The molecule has 2 rings (SSSR count). The van der Waals surface area contributed by atoms with E-state index in [4.69, 9.17) is 20.1 Å². The quantitative estimate of drug-likeness (QED) is 0.329. The van der Waals surface area contributed by atoms with Gasteiger partial charge in [0.2, 0.25) is 0 Å². The molecule has 8 nitrogen and oxygen atoms in total. The SMILES string of the molecule is CCOC(=O)c1cncn1C(C)c1ccccc1.O=[N+]([O-])[O-].[Ag+]. The molecular weight excluding hydrogens is 398 g/mol. The van der Waals surface area contributed by atoms with Gasteiger partial charge in [0.25, 0.3) is 0 Å². The van der Waals surface area contributed by atoms with Crippen LogP contribution in [0.5, 0.6) is 0 Å². The summed E-state index contributed by atoms with van der Waals surface area (Å²) in [6, 6.07) is 10.0. The molecule has 0 amide bonds. The van der Waals surface area contributed by atoms with Crippen molar-refractivity contribution in [1.29, 1.82) is 0 Å². The predicted molar refractivity (Wildman–Crippen MR) is 78.8 cm³/mol. The molecule has 0 aliphatic rings. The van der Waals surface area contributed by atoms with Gasteiger partial charge in [-0.2, -0.15) is 0 Å². The molecule has 0 saturated heterocycles. The summed E-state index contributed by atoms with van der Waals surface area (Å²) < 4.78 is 6.84. The smallest absolute Gasteiger partial charge is 0.461 e. The molecule has 128 valence electrons. The summed E-state index contributed by atoms with van der Waals surface area (Å²) in [5, 5.41) is 14.8. The van der Waals surface area contributed by atoms with E-state index in [2.05, 4.69) is 4.98 Å². The van der Waals surface area contributed by atoms with Gasteiger partial charge < -0.3 is 24.6 Å². The number of rotatable bonds is 4. The zero-order valence-corrected chi connectivity index (χ0v) is 14.0. The molecule has 2 aromatic rings. The number of ether oxygens (including phenoxy) is 1. The van der Waals surface area contributed by atoms with Crippen LogP contribution in [0.4, 0.5) is 0 Å². The van der Waals surface area contributed by atoms with E-state index in [0.717, 1.165) is 5.56 Å². The fourth-order valence-corrected chi connectivity index (χ4v) is 1.87. The molecule has 0 spiro atoms. The molecule has 0 bridgehead atoms. The molecule has 1 atom stereocenters. The van der Waals surface area contributed by atoms with Crippen LogP contribution in [0.25, 0.3) is 0 Å². The van der Waals surface area contributed by atoms with Gasteiger partial charge in [-0.3, -0.25) is 0 Å². The Hall–Kier alpha value is -2.16. The first-order valence-corrected chi connectivity index (χ1v) is 6.52. The summed E-state index contributed by atoms with van der Waals surface area (Å²) in [6.45, 7) is 4.18. The van der Waals surface area contributed by atoms with Crippen molar-refractivity contribution in [3.8, 4) is 0 Å². The minimum absolute atomic E-state index is 0. The Morgan fingerprint density at radius 3 is 2.43 bits per heavy atom. The molecule has 1 heterocycles. The number of carbonyl (C=O) groups excluding carboxylic acids is 1. The normalized spacial score (nSPS) is 10.5. The van der Waals surface area contributed by atoms with Crippen molar-refractivity contribution < 1.29 is 37.0 Å². The standard InChI is InChI=1S/C14H16N2O2.Ag.NO3/c1-3-18-14(17)13-9-15-10-16(13)11(2)12-7-5-4-6-8-12;;2-1(3)4/h4-11H,3H2,1-2H3;;/q;+1;-1. The van der Waals surface area contributed by atoms with Crippen LogP contribution < -0.4 is 0 Å². The maximum absolute atomic E-state index is 11.8. The molecule has 0 aliphatic carbocycles. The second-order valence-electron chi connectivity index (χ2n) is 4.22. The van der Waals surface area contributed by atoms with Crippen LogP contribution in [0.1, 0.15) is 35.9 Å². The van der Waals surface area contributed by atoms with E-state index < -0.39 is 5.09 Å². The predicted octanol–water partition coefficient (Wildman–Crippen LogP) is 2.43. The summed E-state index contributed by atoms with van der Waals surface area (Å²) >= 11 is 0. The number of imidazole rings is 1. The number of hydrogen-bond donors (Lipinski definition) is 0. The van der Waals surface area contributed by atoms with Crippen LogP contribution in [-0.2, 0) is 27.1 Å². The molecule has 0 saturated carbocycles. The minimum Gasteiger partial charge on any atom is -0.461 e. The molecule has 23 heavy (non-hydrogen) atoms. The third-order valence-electron chi connectivity index (χ3n) is 2.85. The van der Waals surface area contributed by atoms with Gasteiger partial charge in [0.15, 0.2) is 0 Å². The van der Waals surface area contributed by atoms with E-state index >= 15 is 0 Å². The van der Waals surface area contributed by atoms with E-state index in [1.165, 1.54) is 6.20 Å². The summed E-state index contributed by atoms with van der Waals surface area (Å²) in [5.41, 5.74) is 1.61. The fraction of sp³-hybridized carbons (Fsp3) is 0.286. The van der Waals surface area contributed by atoms with Crippen molar-refractivity contribution in [2.75, 3.05) is 6.61 Å². The summed E-state index contributed by atoms with van der Waals surface area (Å²) in [5.74, 6) is -0.335. The Morgan fingerprint density at radius 2 is 1.91 bits per heavy atom. The summed E-state index contributed by atoms with van der Waals surface area (Å²) in [6.07, 6.45) is 3.20. The number of benzene rings is 1. The van der Waals surface area contributed by atoms with Gasteiger partial charge in [-0.15, -0.1) is 0 Å². The molecule has 9 heteroatoms. The van der Waals surface area contributed by atoms with Gasteiger partial charge in [0, 0.05) is 0 Å². The van der Waals surface area contributed by atoms with Crippen molar-refractivity contribution >= 4 is 5.97 Å². The fourth-order valence-electron chi connectivity index (χ4n) is 1.87. The maximum Gasteiger partial charge on any atom is 1.00 e. The second kappa shape index (κ2) is 10.5. The average molecular weight is 414 g/mol. The maximum atomic E-state index is 11.8. The van der Waals surface area contributed by atoms with Crippen LogP contribution in [0.3, 0.4) is 0 Å². The van der Waals surface area contributed by atoms with E-state index in [-0.39, 0.29) is 34.4 Å². The van der Waals surface area contributed by atoms with Crippen molar-refractivity contribution in [2.24, 2.45) is 0 Å². The topological polar surface area (TPSA) is 110 Å². The van der Waals surface area contributed by atoms with Crippen molar-refractivity contribution in [2.45, 2.75) is 19.9 Å². The van der Waals surface area contributed by atoms with Gasteiger partial charge in [-0.25, -0.2) is 9.78 Å². The van der Waals surface area contributed by atoms with Gasteiger partial charge >= 0.3 is 28.3 Å². The molecule has 1 aromatic carbocycles. The number of esters is 1. The number of nitrogens with zero attached hydrogens (tertiary/aromatic N) is 3. The number of hydrogen-bond acceptors (Lipinski definition) is 6. The van der Waals surface area contributed by atoms with Gasteiger partial charge in [-0.1, -0.05) is 30.3 Å². The molecule has 0 N–H and O–H groups in total. The third-order valence-corrected chi connectivity index (χ3v) is 2.85. The summed E-state index contributed by atoms with van der Waals surface area (Å²) in [7, 11) is 0. The first kappa shape index (κ1) is 20.8. The van der Waals surface area contributed by atoms with E-state index in [1.807, 2.05) is 41.8 Å². The van der Waals surface area contributed by atoms with Crippen LogP contribution >= 0.6 is 0 Å². The number of aromatic nitrogens is 2. The Balaban J connectivity index is 0.000000871. The van der Waals surface area contributed by atoms with Crippen LogP contribution in [-0.4, -0.2) is 27.2 Å². The average Bonchev–Trinajstić information content (AvgIpc) is 2.96. The van der Waals surface area contributed by atoms with Gasteiger partial charge in [-0.05, 0) is 19.4 Å². The van der Waals surface area contributed by atoms with Crippen molar-refractivity contribution in [3.63, 3.8) is 0 Å². The van der Waals surface area contributed by atoms with Gasteiger partial charge in [0.1, 0.15) is 5.69 Å². The van der Waals surface area contributed by atoms with Crippen molar-refractivity contribution in [1.82, 2.24) is 9.55 Å². The first-order valence-electron chi connectivity index (χ1n) is 6.52. The molecule has 0 radical (unpaired) electrons. The van der Waals surface area contributed by atoms with Gasteiger partial charge in [0.05, 0.1) is 30.3 Å². The number of carbonyl (C=O) groups is 1. The third kappa shape index (κ3) is 6.64. The van der Waals surface area contributed by atoms with E-state index in [0.29, 0.717) is 12.3 Å². The van der Waals surface area contributed by atoms with Crippen LogP contribution in [0, 0.1) is 15.3 Å². The first-order chi connectivity index (χ1) is 10.5. The Morgan fingerprint density at radius 1 is 1.35 bits per heavy atom. The van der Waals surface area contributed by atoms with E-state index in [1.54, 1.807) is 13.3 Å². The largest absolute Gasteiger partial charge is 1.00 e. The molecule has 0 aliphatic heterocycles. The molecule has 1 aromatic heterocycles. The Labute approximate surface area is 148 Å². The van der Waals surface area contributed by atoms with Crippen molar-refractivity contribution in [3.05, 3.63) is 69.4 Å². The van der Waals surface area contributed by atoms with Crippen LogP contribution in [0.2, 0.25) is 0 Å². The Bertz CT molecular complexity index is 614. The molecular formula is C14H16AgN3O5. The van der Waals surface area contributed by atoms with Crippen LogP contribution in [0.15, 0.2) is 42.9 Å². The monoisotopic (exact) mass is 413 g/mol. The Kier molecular flexibility index (Phi) is 9.56. The minimum atomic E-state index is -1.75. The zero-order valence-electron chi connectivity index (χ0n) is 12.5. The zero-order chi connectivity index (χ0) is 16.5. The molecule has 0 fully saturated rings.